The first-order valence-corrected chi connectivity index (χ1v) is 39.8. The second-order valence-electron chi connectivity index (χ2n) is 31.6. The van der Waals surface area contributed by atoms with Crippen LogP contribution in [0, 0.1) is 0 Å². The number of para-hydroxylation sites is 5. The summed E-state index contributed by atoms with van der Waals surface area (Å²) in [6.07, 6.45) is 0. The zero-order chi connectivity index (χ0) is 75.0. The number of fused-ring (bicyclic) bond motifs is 32. The lowest BCUT2D eigenvalue weighted by Crippen LogP contribution is -2.06. The lowest BCUT2D eigenvalue weighted by Gasteiger charge is -2.15. The Morgan fingerprint density at radius 3 is 1.14 bits per heavy atom. The van der Waals surface area contributed by atoms with E-state index in [1.54, 1.807) is 0 Å². The number of nitrogens with zero attached hydrogens (tertiary/aromatic N) is 10. The fraction of sp³-hybridized carbons (Fsp3) is 0. The van der Waals surface area contributed by atoms with Gasteiger partial charge in [0, 0.05) is 119 Å². The molecule has 10 heteroatoms. The Kier molecular flexibility index (Phi) is 11.6. The molecular formula is C106H58N10. The van der Waals surface area contributed by atoms with Crippen LogP contribution >= 0.6 is 0 Å². The number of hydrogen-bond donors (Lipinski definition) is 0. The lowest BCUT2D eigenvalue weighted by atomic mass is 9.98. The van der Waals surface area contributed by atoms with Gasteiger partial charge in [-0.2, -0.15) is 0 Å². The molecule has 0 aliphatic rings. The molecule has 0 atom stereocenters. The summed E-state index contributed by atoms with van der Waals surface area (Å²) in [5, 5.41) is 52.1. The quantitative estimate of drug-likeness (QED) is 0.166. The molecule has 0 aliphatic heterocycles. The van der Waals surface area contributed by atoms with Crippen LogP contribution in [0.5, 0.6) is 0 Å². The fourth-order valence-corrected chi connectivity index (χ4v) is 21.1. The highest BCUT2D eigenvalue weighted by molar-refractivity contribution is 6.37. The molecular weight excluding hydrogens is 1410 g/mol. The van der Waals surface area contributed by atoms with E-state index < -0.39 is 0 Å². The molecule has 10 aromatic heterocycles. The molecule has 0 amide bonds. The summed E-state index contributed by atoms with van der Waals surface area (Å²) in [6, 6.07) is 130. The third-order valence-electron chi connectivity index (χ3n) is 25.9. The van der Waals surface area contributed by atoms with Crippen molar-refractivity contribution in [2.24, 2.45) is 0 Å². The summed E-state index contributed by atoms with van der Waals surface area (Å²) in [7, 11) is 0. The Bertz CT molecular complexity index is 9310. The number of hydrogen-bond acceptors (Lipinski definition) is 4. The smallest absolute Gasteiger partial charge is 0.168 e. The van der Waals surface area contributed by atoms with E-state index in [0.717, 1.165) is 144 Å². The normalized spacial score (nSPS) is 12.7. The molecule has 10 heterocycles. The second-order valence-corrected chi connectivity index (χ2v) is 31.6. The highest BCUT2D eigenvalue weighted by Crippen LogP contribution is 2.52. The summed E-state index contributed by atoms with van der Waals surface area (Å²) >= 11 is 0. The SMILES string of the molecule is c1ccc(-n2c3ccc(-c4ccc5c6cc7c8ccccc8n(-c8nnc(-n9c%10ccccc%10c%10c%11ccccc%11ccc%109)c9ccccc89)c7c7c8cc9ccccc9cc8n(c5c4)c67)cc3c3cc(-c4nnc(-n5c6ccccc6c6cc7c8ccccc8n8c9cc%10ccccc%10cc9c(c65)c78)c5ccccc45)ccc32)cc1. The van der Waals surface area contributed by atoms with E-state index in [2.05, 4.69) is 379 Å². The maximum atomic E-state index is 5.47. The molecule has 28 rings (SSSR count). The Labute approximate surface area is 657 Å². The van der Waals surface area contributed by atoms with Gasteiger partial charge in [0.25, 0.3) is 0 Å². The summed E-state index contributed by atoms with van der Waals surface area (Å²) in [5.41, 5.74) is 21.0. The van der Waals surface area contributed by atoms with Gasteiger partial charge in [-0.15, -0.1) is 20.4 Å². The minimum Gasteiger partial charge on any atom is -0.309 e. The molecule has 0 N–H and O–H groups in total. The average molecular weight is 1470 g/mol. The van der Waals surface area contributed by atoms with Crippen LogP contribution in [0.4, 0.5) is 0 Å². The summed E-state index contributed by atoms with van der Waals surface area (Å²) in [4.78, 5) is 0. The second kappa shape index (κ2) is 22.1. The van der Waals surface area contributed by atoms with E-state index in [4.69, 9.17) is 20.4 Å². The topological polar surface area (TPSA) is 80.1 Å². The molecule has 0 saturated heterocycles. The van der Waals surface area contributed by atoms with Crippen LogP contribution in [0.2, 0.25) is 0 Å². The molecule has 116 heavy (non-hydrogen) atoms. The first-order chi connectivity index (χ1) is 57.6. The van der Waals surface area contributed by atoms with Crippen LogP contribution < -0.4 is 0 Å². The van der Waals surface area contributed by atoms with Crippen molar-refractivity contribution in [3.63, 3.8) is 0 Å². The highest BCUT2D eigenvalue weighted by Gasteiger charge is 2.31. The van der Waals surface area contributed by atoms with Crippen LogP contribution in [0.1, 0.15) is 0 Å². The molecule has 28 aromatic rings. The Morgan fingerprint density at radius 1 is 0.164 bits per heavy atom. The third-order valence-corrected chi connectivity index (χ3v) is 25.9. The minimum absolute atomic E-state index is 0.781. The van der Waals surface area contributed by atoms with E-state index in [1.807, 2.05) is 0 Å². The molecule has 0 radical (unpaired) electrons. The molecule has 10 nitrogen and oxygen atoms in total. The van der Waals surface area contributed by atoms with Gasteiger partial charge in [-0.1, -0.05) is 243 Å². The zero-order valence-electron chi connectivity index (χ0n) is 62.0. The molecule has 0 fully saturated rings. The first-order valence-electron chi connectivity index (χ1n) is 39.8. The van der Waals surface area contributed by atoms with Crippen LogP contribution in [0.3, 0.4) is 0 Å². The lowest BCUT2D eigenvalue weighted by molar-refractivity contribution is 0.930. The molecule has 0 saturated carbocycles. The average Bonchev–Trinajstić information content (AvgIpc) is 1.51. The van der Waals surface area contributed by atoms with E-state index in [1.165, 1.54) is 119 Å². The van der Waals surface area contributed by atoms with Gasteiger partial charge < -0.3 is 13.4 Å². The van der Waals surface area contributed by atoms with E-state index in [-0.39, 0.29) is 0 Å². The van der Waals surface area contributed by atoms with E-state index in [9.17, 15) is 0 Å². The monoisotopic (exact) mass is 1470 g/mol. The molecule has 532 valence electrons. The van der Waals surface area contributed by atoms with Gasteiger partial charge in [0.1, 0.15) is 5.69 Å². The summed E-state index contributed by atoms with van der Waals surface area (Å²) in [5.74, 6) is 2.37. The van der Waals surface area contributed by atoms with E-state index in [0.29, 0.717) is 0 Å². The molecule has 0 unspecified atom stereocenters. The predicted molar refractivity (Wildman–Crippen MR) is 483 cm³/mol. The highest BCUT2D eigenvalue weighted by atomic mass is 15.3. The van der Waals surface area contributed by atoms with Crippen molar-refractivity contribution < 1.29 is 0 Å². The predicted octanol–water partition coefficient (Wildman–Crippen LogP) is 27.1. The van der Waals surface area contributed by atoms with Crippen LogP contribution in [0.25, 0.3) is 263 Å². The molecule has 0 bridgehead atoms. The standard InChI is InChI=1S/C106H58N10/c1-2-27-67(28-3-1)111-90-47-44-64(50-78(90)79-53-66(45-48-91(79)111)99-73-33-10-11-34-74(73)105(108-107-99)115-87-39-19-15-31-70(87)81-57-80-69-30-14-18-38-86(69)112-94-54-62-25-6-4-23-60(62)51-84(94)97(100(80)112)102(81)115)65-42-46-72-83-58-82-71-32-16-20-40-88(71)116(103(82)98-85-52-61-24-5-7-26-63(61)55-95(85)113(101(83)98)93(72)56-65)106-76-36-13-12-35-75(76)104(109-110-106)114-89-41-21-17-37-77(89)96-68-29-9-8-22-59(68)43-49-92(96)114/h1-58H. The van der Waals surface area contributed by atoms with Crippen molar-refractivity contribution in [1.82, 2.24) is 47.5 Å². The Morgan fingerprint density at radius 2 is 0.543 bits per heavy atom. The molecule has 0 spiro atoms. The zero-order valence-corrected chi connectivity index (χ0v) is 62.0. The Hall–Kier alpha value is -15.8. The Balaban J connectivity index is 0.641. The van der Waals surface area contributed by atoms with Gasteiger partial charge in [-0.05, 0) is 153 Å². The summed E-state index contributed by atoms with van der Waals surface area (Å²) in [6.45, 7) is 0. The minimum atomic E-state index is 0.781. The van der Waals surface area contributed by atoms with Crippen LogP contribution in [-0.4, -0.2) is 47.5 Å². The van der Waals surface area contributed by atoms with Gasteiger partial charge in [-0.25, -0.2) is 0 Å². The van der Waals surface area contributed by atoms with Crippen LogP contribution in [-0.2, 0) is 0 Å². The fourth-order valence-electron chi connectivity index (χ4n) is 21.1. The van der Waals surface area contributed by atoms with Gasteiger partial charge in [0.05, 0.1) is 77.2 Å². The van der Waals surface area contributed by atoms with Gasteiger partial charge in [0.2, 0.25) is 0 Å². The van der Waals surface area contributed by atoms with Crippen LogP contribution in [0.15, 0.2) is 352 Å². The number of rotatable bonds is 6. The van der Waals surface area contributed by atoms with Crippen molar-refractivity contribution in [2.75, 3.05) is 0 Å². The van der Waals surface area contributed by atoms with Crippen molar-refractivity contribution in [1.29, 1.82) is 0 Å². The van der Waals surface area contributed by atoms with Crippen molar-refractivity contribution >= 4 is 217 Å². The van der Waals surface area contributed by atoms with Crippen molar-refractivity contribution in [3.05, 3.63) is 352 Å². The van der Waals surface area contributed by atoms with Crippen molar-refractivity contribution in [3.8, 4) is 45.5 Å². The van der Waals surface area contributed by atoms with Crippen molar-refractivity contribution in [2.45, 2.75) is 0 Å². The van der Waals surface area contributed by atoms with Gasteiger partial charge >= 0.3 is 0 Å². The first kappa shape index (κ1) is 61.0. The largest absolute Gasteiger partial charge is 0.309 e. The number of aromatic nitrogens is 10. The maximum Gasteiger partial charge on any atom is 0.168 e. The van der Waals surface area contributed by atoms with Gasteiger partial charge in [-0.3, -0.25) is 13.7 Å². The van der Waals surface area contributed by atoms with Gasteiger partial charge in [0.15, 0.2) is 17.5 Å². The molecule has 0 aliphatic carbocycles. The summed E-state index contributed by atoms with van der Waals surface area (Å²) < 4.78 is 14.6. The van der Waals surface area contributed by atoms with E-state index >= 15 is 0 Å². The number of benzene rings is 18. The third kappa shape index (κ3) is 7.79. The maximum absolute atomic E-state index is 5.47. The molecule has 18 aromatic carbocycles.